The number of hydrogen-bond acceptors (Lipinski definition) is 6. The molecule has 1 unspecified atom stereocenters. The normalized spacial score (nSPS) is 18.7. The van der Waals surface area contributed by atoms with E-state index in [0.717, 1.165) is 62.3 Å². The van der Waals surface area contributed by atoms with Crippen LogP contribution in [0.15, 0.2) is 18.2 Å². The van der Waals surface area contributed by atoms with Crippen molar-refractivity contribution in [2.24, 2.45) is 5.41 Å². The number of hydrogen-bond donors (Lipinski definition) is 3. The minimum Gasteiger partial charge on any atom is -0.479 e. The Balaban J connectivity index is 1.95. The van der Waals surface area contributed by atoms with Gasteiger partial charge in [-0.15, -0.1) is 0 Å². The third-order valence-corrected chi connectivity index (χ3v) is 7.20. The number of aromatic nitrogens is 1. The molecular formula is C28H40N4O3. The molecule has 35 heavy (non-hydrogen) atoms. The van der Waals surface area contributed by atoms with Crippen LogP contribution in [0.25, 0.3) is 11.1 Å². The van der Waals surface area contributed by atoms with E-state index in [1.807, 2.05) is 27.7 Å². The summed E-state index contributed by atoms with van der Waals surface area (Å²) in [7, 11) is 0. The van der Waals surface area contributed by atoms with E-state index in [4.69, 9.17) is 10.5 Å². The number of carboxylic acid groups (broad SMARTS) is 1. The fourth-order valence-electron chi connectivity index (χ4n) is 5.21. The van der Waals surface area contributed by atoms with Crippen molar-refractivity contribution in [3.05, 3.63) is 40.6 Å². The molecule has 1 saturated heterocycles. The van der Waals surface area contributed by atoms with Crippen molar-refractivity contribution in [2.45, 2.75) is 79.1 Å². The zero-order valence-corrected chi connectivity index (χ0v) is 22.0. The summed E-state index contributed by atoms with van der Waals surface area (Å²) < 4.78 is 6.14. The Morgan fingerprint density at radius 1 is 1.23 bits per heavy atom. The average molecular weight is 481 g/mol. The number of anilines is 2. The highest BCUT2D eigenvalue weighted by Gasteiger charge is 2.36. The summed E-state index contributed by atoms with van der Waals surface area (Å²) in [4.78, 5) is 19.6. The molecule has 1 fully saturated rings. The van der Waals surface area contributed by atoms with E-state index < -0.39 is 17.7 Å². The summed E-state index contributed by atoms with van der Waals surface area (Å²) in [5, 5.41) is 13.7. The molecule has 2 aromatic rings. The summed E-state index contributed by atoms with van der Waals surface area (Å²) in [6.07, 6.45) is 1.84. The van der Waals surface area contributed by atoms with Gasteiger partial charge in [-0.25, -0.2) is 9.78 Å². The van der Waals surface area contributed by atoms with Crippen LogP contribution in [0.5, 0.6) is 0 Å². The van der Waals surface area contributed by atoms with Crippen LogP contribution in [0.3, 0.4) is 0 Å². The molecule has 4 rings (SSSR count). The van der Waals surface area contributed by atoms with E-state index in [-0.39, 0.29) is 5.41 Å². The van der Waals surface area contributed by atoms with E-state index >= 15 is 0 Å². The number of benzene rings is 1. The smallest absolute Gasteiger partial charge is 0.337 e. The van der Waals surface area contributed by atoms with Crippen LogP contribution < -0.4 is 16.0 Å². The molecule has 1 aromatic heterocycles. The van der Waals surface area contributed by atoms with Crippen molar-refractivity contribution in [1.29, 1.82) is 0 Å². The van der Waals surface area contributed by atoms with Crippen LogP contribution >= 0.6 is 0 Å². The fraction of sp³-hybridized carbons (Fsp3) is 0.571. The third-order valence-electron chi connectivity index (χ3n) is 7.20. The minimum absolute atomic E-state index is 0.247. The van der Waals surface area contributed by atoms with E-state index in [1.165, 1.54) is 11.1 Å². The summed E-state index contributed by atoms with van der Waals surface area (Å²) in [6, 6.07) is 6.45. The van der Waals surface area contributed by atoms with Crippen LogP contribution in [-0.4, -0.2) is 41.3 Å². The summed E-state index contributed by atoms with van der Waals surface area (Å²) >= 11 is 0. The second-order valence-electron chi connectivity index (χ2n) is 11.7. The topological polar surface area (TPSA) is 101 Å². The molecule has 0 spiro atoms. The highest BCUT2D eigenvalue weighted by Crippen LogP contribution is 2.46. The van der Waals surface area contributed by atoms with Crippen molar-refractivity contribution in [3.8, 4) is 11.1 Å². The van der Waals surface area contributed by atoms with Crippen molar-refractivity contribution >= 4 is 17.5 Å². The lowest BCUT2D eigenvalue weighted by Crippen LogP contribution is -2.39. The van der Waals surface area contributed by atoms with Gasteiger partial charge in [0.1, 0.15) is 5.82 Å². The predicted molar refractivity (Wildman–Crippen MR) is 141 cm³/mol. The Hall–Kier alpha value is -2.64. The number of ether oxygens (including phenoxy) is 1. The number of rotatable bonds is 5. The number of aliphatic carboxylic acids is 1. The van der Waals surface area contributed by atoms with Crippen LogP contribution in [0, 0.1) is 12.3 Å². The summed E-state index contributed by atoms with van der Waals surface area (Å²) in [5.41, 5.74) is 12.7. The number of carboxylic acids is 1. The van der Waals surface area contributed by atoms with Gasteiger partial charge in [-0.05, 0) is 75.6 Å². The molecular weight excluding hydrogens is 440 g/mol. The Labute approximate surface area is 209 Å². The van der Waals surface area contributed by atoms with Gasteiger partial charge in [-0.2, -0.15) is 0 Å². The van der Waals surface area contributed by atoms with Crippen LogP contribution in [0.2, 0.25) is 0 Å². The monoisotopic (exact) mass is 480 g/mol. The molecule has 7 heteroatoms. The standard InChI is InChI=1S/C28H40N4O3/c1-17-21(24(26(33)34)35-27(2,3)4)23(32-13-10-28(5,6)11-14-32)22(25(29)31-17)19-7-8-20-16-30-12-9-18(20)15-19/h7-8,15,24,30H,9-14,16H2,1-6H3,(H2,29,31)(H,33,34). The largest absolute Gasteiger partial charge is 0.479 e. The number of piperidine rings is 1. The van der Waals surface area contributed by atoms with Crippen LogP contribution in [0.1, 0.15) is 75.9 Å². The van der Waals surface area contributed by atoms with Gasteiger partial charge in [0.05, 0.1) is 11.3 Å². The molecule has 2 aliphatic heterocycles. The Morgan fingerprint density at radius 3 is 2.54 bits per heavy atom. The maximum absolute atomic E-state index is 12.6. The first-order valence-electron chi connectivity index (χ1n) is 12.6. The lowest BCUT2D eigenvalue weighted by molar-refractivity contribution is -0.160. The number of nitrogen functional groups attached to an aromatic ring is 1. The van der Waals surface area contributed by atoms with Crippen molar-refractivity contribution in [2.75, 3.05) is 30.3 Å². The van der Waals surface area contributed by atoms with Crippen LogP contribution in [0.4, 0.5) is 11.5 Å². The molecule has 1 aromatic carbocycles. The maximum atomic E-state index is 12.6. The molecule has 4 N–H and O–H groups in total. The van der Waals surface area contributed by atoms with Crippen molar-refractivity contribution < 1.29 is 14.6 Å². The number of carbonyl (C=O) groups is 1. The number of fused-ring (bicyclic) bond motifs is 1. The first-order valence-corrected chi connectivity index (χ1v) is 12.6. The molecule has 1 atom stereocenters. The maximum Gasteiger partial charge on any atom is 0.337 e. The molecule has 190 valence electrons. The van der Waals surface area contributed by atoms with Gasteiger partial charge in [-0.3, -0.25) is 0 Å². The highest BCUT2D eigenvalue weighted by atomic mass is 16.5. The number of nitrogens with zero attached hydrogens (tertiary/aromatic N) is 2. The average Bonchev–Trinajstić information content (AvgIpc) is 2.76. The molecule has 3 heterocycles. The van der Waals surface area contributed by atoms with Crippen molar-refractivity contribution in [1.82, 2.24) is 10.3 Å². The number of pyridine rings is 1. The Bertz CT molecular complexity index is 1110. The molecule has 0 saturated carbocycles. The molecule has 0 aliphatic carbocycles. The second kappa shape index (κ2) is 9.43. The first kappa shape index (κ1) is 25.5. The number of nitrogens with one attached hydrogen (secondary N) is 1. The van der Waals surface area contributed by atoms with Gasteiger partial charge in [0.2, 0.25) is 0 Å². The minimum atomic E-state index is -1.14. The van der Waals surface area contributed by atoms with E-state index in [1.54, 1.807) is 0 Å². The molecule has 7 nitrogen and oxygen atoms in total. The lowest BCUT2D eigenvalue weighted by Gasteiger charge is -2.41. The highest BCUT2D eigenvalue weighted by molar-refractivity contribution is 5.92. The predicted octanol–water partition coefficient (Wildman–Crippen LogP) is 4.85. The summed E-state index contributed by atoms with van der Waals surface area (Å²) in [6.45, 7) is 15.5. The Kier molecular flexibility index (Phi) is 6.86. The zero-order chi connectivity index (χ0) is 25.5. The van der Waals surface area contributed by atoms with Gasteiger partial charge < -0.3 is 25.8 Å². The van der Waals surface area contributed by atoms with E-state index in [9.17, 15) is 9.90 Å². The van der Waals surface area contributed by atoms with Crippen LogP contribution in [-0.2, 0) is 22.5 Å². The molecule has 2 aliphatic rings. The van der Waals surface area contributed by atoms with Gasteiger partial charge in [0, 0.05) is 36.5 Å². The molecule has 0 bridgehead atoms. The van der Waals surface area contributed by atoms with Gasteiger partial charge in [0.25, 0.3) is 0 Å². The van der Waals surface area contributed by atoms with Gasteiger partial charge in [-0.1, -0.05) is 32.0 Å². The zero-order valence-electron chi connectivity index (χ0n) is 22.0. The fourth-order valence-corrected chi connectivity index (χ4v) is 5.21. The Morgan fingerprint density at radius 2 is 1.91 bits per heavy atom. The van der Waals surface area contributed by atoms with Crippen molar-refractivity contribution in [3.63, 3.8) is 0 Å². The summed E-state index contributed by atoms with van der Waals surface area (Å²) in [5.74, 6) is -0.587. The first-order chi connectivity index (χ1) is 16.4. The number of nitrogens with two attached hydrogens (primary N) is 1. The third kappa shape index (κ3) is 5.46. The quantitative estimate of drug-likeness (QED) is 0.562. The van der Waals surface area contributed by atoms with E-state index in [0.29, 0.717) is 17.1 Å². The second-order valence-corrected chi connectivity index (χ2v) is 11.7. The van der Waals surface area contributed by atoms with E-state index in [2.05, 4.69) is 47.2 Å². The molecule has 0 radical (unpaired) electrons. The lowest BCUT2D eigenvalue weighted by atomic mass is 9.82. The SMILES string of the molecule is Cc1nc(N)c(-c2ccc3c(c2)CCNC3)c(N2CCC(C)(C)CC2)c1C(OC(C)(C)C)C(=O)O. The van der Waals surface area contributed by atoms with Gasteiger partial charge >= 0.3 is 5.97 Å². The number of aryl methyl sites for hydroxylation is 1. The van der Waals surface area contributed by atoms with Gasteiger partial charge in [0.15, 0.2) is 6.10 Å². The molecule has 0 amide bonds.